The van der Waals surface area contributed by atoms with Gasteiger partial charge in [0.1, 0.15) is 0 Å². The maximum atomic E-state index is 12.9. The molecule has 1 N–H and O–H groups in total. The van der Waals surface area contributed by atoms with Crippen LogP contribution in [0.15, 0.2) is 72.9 Å². The van der Waals surface area contributed by atoms with E-state index >= 15 is 0 Å². The van der Waals surface area contributed by atoms with Gasteiger partial charge in [0, 0.05) is 17.6 Å². The molecule has 26 heavy (non-hydrogen) atoms. The Hall–Kier alpha value is -2.94. The van der Waals surface area contributed by atoms with Crippen LogP contribution in [0.3, 0.4) is 0 Å². The van der Waals surface area contributed by atoms with Crippen LogP contribution in [0.4, 0.5) is 5.69 Å². The first-order chi connectivity index (χ1) is 12.5. The second-order valence-corrected chi connectivity index (χ2v) is 6.77. The number of anilines is 1. The van der Waals surface area contributed by atoms with E-state index in [1.807, 2.05) is 87.6 Å². The molecule has 3 heteroatoms. The second kappa shape index (κ2) is 7.52. The van der Waals surface area contributed by atoms with Crippen molar-refractivity contribution in [3.8, 4) is 11.1 Å². The van der Waals surface area contributed by atoms with Gasteiger partial charge in [0.25, 0.3) is 0 Å². The van der Waals surface area contributed by atoms with Crippen molar-refractivity contribution in [3.63, 3.8) is 0 Å². The van der Waals surface area contributed by atoms with Crippen LogP contribution in [0.5, 0.6) is 0 Å². The molecule has 1 heterocycles. The summed E-state index contributed by atoms with van der Waals surface area (Å²) in [7, 11) is 0. The Morgan fingerprint density at radius 1 is 1.00 bits per heavy atom. The normalized spacial score (nSPS) is 13.0. The Balaban J connectivity index is 1.79. The minimum atomic E-state index is -0.553. The number of aromatic nitrogens is 1. The molecule has 1 atom stereocenters. The molecule has 1 unspecified atom stereocenters. The highest BCUT2D eigenvalue weighted by Gasteiger charge is 2.33. The summed E-state index contributed by atoms with van der Waals surface area (Å²) in [5.74, 6) is 0.0127. The van der Waals surface area contributed by atoms with Gasteiger partial charge < -0.3 is 5.32 Å². The minimum absolute atomic E-state index is 0.0127. The topological polar surface area (TPSA) is 42.0 Å². The van der Waals surface area contributed by atoms with Crippen LogP contribution in [0.1, 0.15) is 31.5 Å². The van der Waals surface area contributed by atoms with Gasteiger partial charge in [-0.15, -0.1) is 0 Å². The molecule has 0 aliphatic rings. The zero-order valence-corrected chi connectivity index (χ0v) is 15.5. The Morgan fingerprint density at radius 3 is 2.31 bits per heavy atom. The van der Waals surface area contributed by atoms with E-state index in [4.69, 9.17) is 0 Å². The third-order valence-corrected chi connectivity index (χ3v) is 4.99. The minimum Gasteiger partial charge on any atom is -0.325 e. The average molecular weight is 344 g/mol. The SMILES string of the molecule is CCC(C)(C(=O)Nc1ccc(-c2ccnc(C)c2)cc1)c1ccccc1. The average Bonchev–Trinajstić information content (AvgIpc) is 2.68. The molecule has 0 aliphatic carbocycles. The molecule has 0 bridgehead atoms. The highest BCUT2D eigenvalue weighted by molar-refractivity contribution is 5.99. The summed E-state index contributed by atoms with van der Waals surface area (Å²) < 4.78 is 0. The van der Waals surface area contributed by atoms with E-state index in [9.17, 15) is 4.79 Å². The number of nitrogens with zero attached hydrogens (tertiary/aromatic N) is 1. The lowest BCUT2D eigenvalue weighted by Gasteiger charge is -2.27. The van der Waals surface area contributed by atoms with Gasteiger partial charge in [0.05, 0.1) is 5.41 Å². The van der Waals surface area contributed by atoms with Crippen molar-refractivity contribution in [1.82, 2.24) is 4.98 Å². The van der Waals surface area contributed by atoms with E-state index in [1.165, 1.54) is 0 Å². The summed E-state index contributed by atoms with van der Waals surface area (Å²) in [5.41, 5.74) is 4.50. The smallest absolute Gasteiger partial charge is 0.234 e. The van der Waals surface area contributed by atoms with Crippen LogP contribution in [0, 0.1) is 6.92 Å². The zero-order chi connectivity index (χ0) is 18.6. The van der Waals surface area contributed by atoms with Gasteiger partial charge in [-0.3, -0.25) is 9.78 Å². The number of nitrogens with one attached hydrogen (secondary N) is 1. The molecule has 1 amide bonds. The van der Waals surface area contributed by atoms with Crippen LogP contribution >= 0.6 is 0 Å². The molecule has 3 rings (SSSR count). The number of aryl methyl sites for hydroxylation is 1. The van der Waals surface area contributed by atoms with Crippen molar-refractivity contribution < 1.29 is 4.79 Å². The fraction of sp³-hybridized carbons (Fsp3) is 0.217. The van der Waals surface area contributed by atoms with Gasteiger partial charge in [-0.05, 0) is 61.2 Å². The number of benzene rings is 2. The molecule has 0 spiro atoms. The highest BCUT2D eigenvalue weighted by Crippen LogP contribution is 2.29. The number of rotatable bonds is 5. The molecule has 0 aliphatic heterocycles. The number of carbonyl (C=O) groups excluding carboxylic acids is 1. The number of hydrogen-bond donors (Lipinski definition) is 1. The van der Waals surface area contributed by atoms with E-state index in [0.29, 0.717) is 0 Å². The molecule has 2 aromatic carbocycles. The number of pyridine rings is 1. The van der Waals surface area contributed by atoms with Gasteiger partial charge in [0.2, 0.25) is 5.91 Å². The Morgan fingerprint density at radius 2 is 1.69 bits per heavy atom. The van der Waals surface area contributed by atoms with Gasteiger partial charge >= 0.3 is 0 Å². The lowest BCUT2D eigenvalue weighted by atomic mass is 9.79. The first-order valence-corrected chi connectivity index (χ1v) is 8.93. The summed E-state index contributed by atoms with van der Waals surface area (Å²) in [6.07, 6.45) is 2.55. The van der Waals surface area contributed by atoms with Crippen LogP contribution in [-0.2, 0) is 10.2 Å². The van der Waals surface area contributed by atoms with Gasteiger partial charge in [-0.2, -0.15) is 0 Å². The largest absolute Gasteiger partial charge is 0.325 e. The molecule has 3 nitrogen and oxygen atoms in total. The lowest BCUT2D eigenvalue weighted by Crippen LogP contribution is -2.37. The molecule has 132 valence electrons. The van der Waals surface area contributed by atoms with E-state index in [-0.39, 0.29) is 5.91 Å². The molecular weight excluding hydrogens is 320 g/mol. The lowest BCUT2D eigenvalue weighted by molar-refractivity contribution is -0.121. The molecule has 0 saturated carbocycles. The maximum Gasteiger partial charge on any atom is 0.234 e. The van der Waals surface area contributed by atoms with Crippen molar-refractivity contribution in [2.24, 2.45) is 0 Å². The van der Waals surface area contributed by atoms with Crippen LogP contribution in [0.2, 0.25) is 0 Å². The molecule has 0 saturated heterocycles. The van der Waals surface area contributed by atoms with Gasteiger partial charge in [0.15, 0.2) is 0 Å². The van der Waals surface area contributed by atoms with Crippen LogP contribution in [0.25, 0.3) is 11.1 Å². The monoisotopic (exact) mass is 344 g/mol. The first-order valence-electron chi connectivity index (χ1n) is 8.93. The Labute approximate surface area is 155 Å². The van der Waals surface area contributed by atoms with E-state index < -0.39 is 5.41 Å². The quantitative estimate of drug-likeness (QED) is 0.676. The first kappa shape index (κ1) is 17.9. The van der Waals surface area contributed by atoms with Gasteiger partial charge in [-0.1, -0.05) is 49.4 Å². The zero-order valence-electron chi connectivity index (χ0n) is 15.5. The fourth-order valence-electron chi connectivity index (χ4n) is 3.04. The standard InChI is InChI=1S/C23H24N2O/c1-4-23(3,20-8-6-5-7-9-20)22(26)25-21-12-10-18(11-13-21)19-14-15-24-17(2)16-19/h5-16H,4H2,1-3H3,(H,25,26). The second-order valence-electron chi connectivity index (χ2n) is 6.77. The predicted octanol–water partition coefficient (Wildman–Crippen LogP) is 5.36. The highest BCUT2D eigenvalue weighted by atomic mass is 16.2. The van der Waals surface area contributed by atoms with Crippen molar-refractivity contribution in [1.29, 1.82) is 0 Å². The summed E-state index contributed by atoms with van der Waals surface area (Å²) in [4.78, 5) is 17.2. The van der Waals surface area contributed by atoms with Crippen molar-refractivity contribution in [3.05, 3.63) is 84.2 Å². The molecule has 0 fully saturated rings. The Kier molecular flexibility index (Phi) is 5.17. The van der Waals surface area contributed by atoms with Crippen molar-refractivity contribution in [2.75, 3.05) is 5.32 Å². The maximum absolute atomic E-state index is 12.9. The van der Waals surface area contributed by atoms with E-state index in [1.54, 1.807) is 0 Å². The van der Waals surface area contributed by atoms with E-state index in [2.05, 4.69) is 16.4 Å². The third-order valence-electron chi connectivity index (χ3n) is 4.99. The summed E-state index contributed by atoms with van der Waals surface area (Å²) in [5, 5.41) is 3.07. The number of hydrogen-bond acceptors (Lipinski definition) is 2. The summed E-state index contributed by atoms with van der Waals surface area (Å²) in [6.45, 7) is 6.01. The van der Waals surface area contributed by atoms with Crippen LogP contribution in [-0.4, -0.2) is 10.9 Å². The van der Waals surface area contributed by atoms with Crippen molar-refractivity contribution in [2.45, 2.75) is 32.6 Å². The van der Waals surface area contributed by atoms with Crippen molar-refractivity contribution >= 4 is 11.6 Å². The predicted molar refractivity (Wildman–Crippen MR) is 107 cm³/mol. The number of amides is 1. The third kappa shape index (κ3) is 3.67. The summed E-state index contributed by atoms with van der Waals surface area (Å²) >= 11 is 0. The summed E-state index contributed by atoms with van der Waals surface area (Å²) in [6, 6.07) is 21.9. The molecule has 1 aromatic heterocycles. The molecule has 3 aromatic rings. The van der Waals surface area contributed by atoms with E-state index in [0.717, 1.165) is 34.5 Å². The Bertz CT molecular complexity index is 888. The van der Waals surface area contributed by atoms with Crippen LogP contribution < -0.4 is 5.32 Å². The molecular formula is C23H24N2O. The number of carbonyl (C=O) groups is 1. The molecule has 0 radical (unpaired) electrons. The van der Waals surface area contributed by atoms with Gasteiger partial charge in [-0.25, -0.2) is 0 Å². The fourth-order valence-corrected chi connectivity index (χ4v) is 3.04.